The van der Waals surface area contributed by atoms with Crippen LogP contribution in [0.2, 0.25) is 5.02 Å². The van der Waals surface area contributed by atoms with Crippen molar-refractivity contribution in [2.45, 2.75) is 25.8 Å². The van der Waals surface area contributed by atoms with Crippen LogP contribution in [-0.4, -0.2) is 23.1 Å². The van der Waals surface area contributed by atoms with Crippen LogP contribution in [0.15, 0.2) is 22.7 Å². The molecule has 1 rings (SSSR count). The zero-order valence-corrected chi connectivity index (χ0v) is 12.6. The van der Waals surface area contributed by atoms with E-state index < -0.39 is 12.0 Å². The molecule has 0 saturated heterocycles. The van der Waals surface area contributed by atoms with Crippen LogP contribution < -0.4 is 10.6 Å². The lowest BCUT2D eigenvalue weighted by molar-refractivity contribution is -0.137. The molecule has 0 aliphatic heterocycles. The average Bonchev–Trinajstić information content (AvgIpc) is 2.31. The highest BCUT2D eigenvalue weighted by Gasteiger charge is 2.09. The molecular formula is C12H14BrClN2O3. The quantitative estimate of drug-likeness (QED) is 0.761. The Morgan fingerprint density at radius 3 is 2.74 bits per heavy atom. The van der Waals surface area contributed by atoms with E-state index in [1.165, 1.54) is 0 Å². The van der Waals surface area contributed by atoms with E-state index in [4.69, 9.17) is 16.7 Å². The van der Waals surface area contributed by atoms with Crippen LogP contribution in [0.4, 0.5) is 10.5 Å². The van der Waals surface area contributed by atoms with Gasteiger partial charge in [0.05, 0.1) is 5.02 Å². The number of carbonyl (C=O) groups is 2. The zero-order valence-electron chi connectivity index (χ0n) is 10.2. The first kappa shape index (κ1) is 15.8. The Morgan fingerprint density at radius 2 is 2.16 bits per heavy atom. The summed E-state index contributed by atoms with van der Waals surface area (Å²) in [5.41, 5.74) is 0.566. The van der Waals surface area contributed by atoms with E-state index in [0.29, 0.717) is 17.1 Å². The lowest BCUT2D eigenvalue weighted by Crippen LogP contribution is -2.36. The molecule has 7 heteroatoms. The Bertz CT molecular complexity index is 482. The van der Waals surface area contributed by atoms with Gasteiger partial charge < -0.3 is 15.7 Å². The van der Waals surface area contributed by atoms with E-state index in [-0.39, 0.29) is 12.5 Å². The van der Waals surface area contributed by atoms with Crippen LogP contribution in [0, 0.1) is 0 Å². The summed E-state index contributed by atoms with van der Waals surface area (Å²) in [5, 5.41) is 14.3. The number of urea groups is 1. The molecule has 0 radical (unpaired) electrons. The highest BCUT2D eigenvalue weighted by atomic mass is 79.9. The van der Waals surface area contributed by atoms with Gasteiger partial charge in [0.25, 0.3) is 0 Å². The monoisotopic (exact) mass is 348 g/mol. The van der Waals surface area contributed by atoms with Gasteiger partial charge in [-0.15, -0.1) is 0 Å². The third-order valence-corrected chi connectivity index (χ3v) is 3.58. The molecular weight excluding hydrogens is 336 g/mol. The molecule has 1 aromatic carbocycles. The fourth-order valence-corrected chi connectivity index (χ4v) is 1.80. The number of carboxylic acid groups (broad SMARTS) is 1. The van der Waals surface area contributed by atoms with E-state index in [1.54, 1.807) is 25.1 Å². The smallest absolute Gasteiger partial charge is 0.319 e. The summed E-state index contributed by atoms with van der Waals surface area (Å²) in [6, 6.07) is 4.44. The number of benzene rings is 1. The summed E-state index contributed by atoms with van der Waals surface area (Å²) in [7, 11) is 0. The van der Waals surface area contributed by atoms with Crippen LogP contribution >= 0.6 is 27.5 Å². The lowest BCUT2D eigenvalue weighted by atomic mass is 10.2. The highest BCUT2D eigenvalue weighted by Crippen LogP contribution is 2.25. The van der Waals surface area contributed by atoms with Crippen LogP contribution in [0.25, 0.3) is 0 Å². The van der Waals surface area contributed by atoms with Crippen molar-refractivity contribution in [3.8, 4) is 0 Å². The van der Waals surface area contributed by atoms with Crippen molar-refractivity contribution >= 4 is 45.2 Å². The number of carbonyl (C=O) groups excluding carboxylic acids is 1. The van der Waals surface area contributed by atoms with Crippen molar-refractivity contribution in [1.29, 1.82) is 0 Å². The normalized spacial score (nSPS) is 11.7. The second kappa shape index (κ2) is 7.35. The molecule has 19 heavy (non-hydrogen) atoms. The van der Waals surface area contributed by atoms with Crippen LogP contribution in [0.5, 0.6) is 0 Å². The number of carboxylic acids is 1. The first-order valence-electron chi connectivity index (χ1n) is 5.63. The number of rotatable bonds is 5. The third kappa shape index (κ3) is 5.94. The highest BCUT2D eigenvalue weighted by molar-refractivity contribution is 9.10. The first-order valence-corrected chi connectivity index (χ1v) is 6.80. The first-order chi connectivity index (χ1) is 8.88. The molecule has 0 aromatic heterocycles. The molecule has 0 fully saturated rings. The van der Waals surface area contributed by atoms with Gasteiger partial charge in [-0.2, -0.15) is 0 Å². The number of nitrogens with one attached hydrogen (secondary N) is 2. The Balaban J connectivity index is 2.46. The third-order valence-electron chi connectivity index (χ3n) is 2.35. The Morgan fingerprint density at radius 1 is 1.47 bits per heavy atom. The van der Waals surface area contributed by atoms with Crippen molar-refractivity contribution in [2.24, 2.45) is 0 Å². The Labute approximate surface area is 124 Å². The molecule has 0 spiro atoms. The maximum absolute atomic E-state index is 11.6. The summed E-state index contributed by atoms with van der Waals surface area (Å²) >= 11 is 9.16. The van der Waals surface area contributed by atoms with Gasteiger partial charge >= 0.3 is 12.0 Å². The van der Waals surface area contributed by atoms with Crippen molar-refractivity contribution in [3.05, 3.63) is 27.7 Å². The second-order valence-corrected chi connectivity index (χ2v) is 5.32. The van der Waals surface area contributed by atoms with E-state index in [9.17, 15) is 9.59 Å². The topological polar surface area (TPSA) is 78.4 Å². The SMILES string of the molecule is CC(CCC(=O)O)NC(=O)Nc1ccc(Br)c(Cl)c1. The number of anilines is 1. The minimum Gasteiger partial charge on any atom is -0.481 e. The maximum Gasteiger partial charge on any atom is 0.319 e. The minimum atomic E-state index is -0.881. The van der Waals surface area contributed by atoms with E-state index in [2.05, 4.69) is 26.6 Å². The lowest BCUT2D eigenvalue weighted by Gasteiger charge is -2.14. The standard InChI is InChI=1S/C12H14BrClN2O3/c1-7(2-5-11(17)18)15-12(19)16-8-3-4-9(13)10(14)6-8/h3-4,6-7H,2,5H2,1H3,(H,17,18)(H2,15,16,19). The number of halogens is 2. The van der Waals surface area contributed by atoms with Gasteiger partial charge in [-0.25, -0.2) is 4.79 Å². The van der Waals surface area contributed by atoms with Gasteiger partial charge in [-0.1, -0.05) is 11.6 Å². The molecule has 1 atom stereocenters. The zero-order chi connectivity index (χ0) is 14.4. The van der Waals surface area contributed by atoms with E-state index in [0.717, 1.165) is 4.47 Å². The summed E-state index contributed by atoms with van der Waals surface area (Å²) in [6.45, 7) is 1.75. The van der Waals surface area contributed by atoms with Crippen LogP contribution in [0.1, 0.15) is 19.8 Å². The summed E-state index contributed by atoms with van der Waals surface area (Å²) in [4.78, 5) is 22.0. The van der Waals surface area contributed by atoms with Gasteiger partial charge in [0.15, 0.2) is 0 Å². The molecule has 0 heterocycles. The van der Waals surface area contributed by atoms with Crippen molar-refractivity contribution < 1.29 is 14.7 Å². The average molecular weight is 350 g/mol. The number of amides is 2. The minimum absolute atomic E-state index is 0.0194. The molecule has 5 nitrogen and oxygen atoms in total. The molecule has 0 aliphatic rings. The predicted molar refractivity (Wildman–Crippen MR) is 77.6 cm³/mol. The van der Waals surface area contributed by atoms with Gasteiger partial charge in [0.1, 0.15) is 0 Å². The number of hydrogen-bond donors (Lipinski definition) is 3. The summed E-state index contributed by atoms with van der Waals surface area (Å²) < 4.78 is 0.745. The van der Waals surface area contributed by atoms with Crippen molar-refractivity contribution in [1.82, 2.24) is 5.32 Å². The fraction of sp³-hybridized carbons (Fsp3) is 0.333. The number of aliphatic carboxylic acids is 1. The predicted octanol–water partition coefficient (Wildman–Crippen LogP) is 3.48. The van der Waals surface area contributed by atoms with E-state index >= 15 is 0 Å². The van der Waals surface area contributed by atoms with Gasteiger partial charge in [0.2, 0.25) is 0 Å². The second-order valence-electron chi connectivity index (χ2n) is 4.06. The van der Waals surface area contributed by atoms with Crippen molar-refractivity contribution in [3.63, 3.8) is 0 Å². The Hall–Kier alpha value is -1.27. The van der Waals surface area contributed by atoms with Gasteiger partial charge in [-0.3, -0.25) is 4.79 Å². The van der Waals surface area contributed by atoms with Gasteiger partial charge in [0, 0.05) is 22.6 Å². The molecule has 3 N–H and O–H groups in total. The molecule has 2 amide bonds. The van der Waals surface area contributed by atoms with Crippen LogP contribution in [-0.2, 0) is 4.79 Å². The van der Waals surface area contributed by atoms with Crippen LogP contribution in [0.3, 0.4) is 0 Å². The van der Waals surface area contributed by atoms with Gasteiger partial charge in [-0.05, 0) is 47.5 Å². The molecule has 104 valence electrons. The molecule has 1 unspecified atom stereocenters. The number of hydrogen-bond acceptors (Lipinski definition) is 2. The molecule has 0 aliphatic carbocycles. The van der Waals surface area contributed by atoms with Crippen molar-refractivity contribution in [2.75, 3.05) is 5.32 Å². The largest absolute Gasteiger partial charge is 0.481 e. The summed E-state index contributed by atoms with van der Waals surface area (Å²) in [6.07, 6.45) is 0.398. The molecule has 0 saturated carbocycles. The molecule has 0 bridgehead atoms. The molecule has 1 aromatic rings. The fourth-order valence-electron chi connectivity index (χ4n) is 1.38. The Kier molecular flexibility index (Phi) is 6.11. The van der Waals surface area contributed by atoms with E-state index in [1.807, 2.05) is 0 Å². The maximum atomic E-state index is 11.6. The summed E-state index contributed by atoms with van der Waals surface area (Å²) in [5.74, 6) is -0.881.